The van der Waals surface area contributed by atoms with Crippen molar-refractivity contribution in [2.75, 3.05) is 52.0 Å². The van der Waals surface area contributed by atoms with Crippen molar-refractivity contribution in [1.82, 2.24) is 0 Å². The summed E-state index contributed by atoms with van der Waals surface area (Å²) in [5.41, 5.74) is 0. The zero-order valence-corrected chi connectivity index (χ0v) is 25.7. The van der Waals surface area contributed by atoms with E-state index in [1.54, 1.807) is 0 Å². The molecule has 0 heterocycles. The van der Waals surface area contributed by atoms with E-state index >= 15 is 0 Å². The first-order valence-electron chi connectivity index (χ1n) is 13.4. The first-order chi connectivity index (χ1) is 17.0. The molecular formula is C26H49NaO8S. The van der Waals surface area contributed by atoms with E-state index < -0.39 is 21.8 Å². The maximum absolute atomic E-state index is 11.0. The average Bonchev–Trinajstić information content (AvgIpc) is 2.80. The Morgan fingerprint density at radius 3 is 1.56 bits per heavy atom. The predicted molar refractivity (Wildman–Crippen MR) is 137 cm³/mol. The van der Waals surface area contributed by atoms with Gasteiger partial charge in [0, 0.05) is 6.61 Å². The van der Waals surface area contributed by atoms with Crippen LogP contribution in [0.3, 0.4) is 0 Å². The van der Waals surface area contributed by atoms with Gasteiger partial charge < -0.3 is 23.5 Å². The third-order valence-corrected chi connectivity index (χ3v) is 5.92. The first-order valence-corrected chi connectivity index (χ1v) is 15.0. The molecule has 0 aliphatic heterocycles. The van der Waals surface area contributed by atoms with Gasteiger partial charge in [-0.2, -0.15) is 0 Å². The molecule has 0 bridgehead atoms. The summed E-state index contributed by atoms with van der Waals surface area (Å²) < 4.78 is 51.8. The Morgan fingerprint density at radius 1 is 0.639 bits per heavy atom. The molecule has 0 aliphatic carbocycles. The maximum atomic E-state index is 11.0. The summed E-state index contributed by atoms with van der Waals surface area (Å²) in [4.78, 5) is 11.0. The van der Waals surface area contributed by atoms with Gasteiger partial charge in [0.05, 0.1) is 33.0 Å². The fourth-order valence-corrected chi connectivity index (χ4v) is 3.77. The Bertz CT molecular complexity index is 599. The third-order valence-electron chi connectivity index (χ3n) is 5.33. The Labute approximate surface area is 242 Å². The maximum Gasteiger partial charge on any atom is 1.00 e. The molecule has 0 atom stereocenters. The van der Waals surface area contributed by atoms with Gasteiger partial charge in [-0.1, -0.05) is 76.9 Å². The smallest absolute Gasteiger partial charge is 0.748 e. The number of allylic oxidation sites excluding steroid dienone is 2. The molecule has 0 unspecified atom stereocenters. The van der Waals surface area contributed by atoms with Crippen molar-refractivity contribution < 1.29 is 66.3 Å². The second kappa shape index (κ2) is 29.6. The van der Waals surface area contributed by atoms with Gasteiger partial charge in [-0.15, -0.1) is 0 Å². The number of esters is 1. The number of carbonyl (C=O) groups excluding carboxylic acids is 1. The predicted octanol–water partition coefficient (Wildman–Crippen LogP) is 2.17. The Morgan fingerprint density at radius 2 is 1.06 bits per heavy atom. The molecule has 0 saturated heterocycles. The molecule has 0 fully saturated rings. The van der Waals surface area contributed by atoms with Gasteiger partial charge in [-0.3, -0.25) is 4.79 Å². The normalized spacial score (nSPS) is 11.6. The minimum atomic E-state index is -4.60. The second-order valence-electron chi connectivity index (χ2n) is 8.70. The quantitative estimate of drug-likeness (QED) is 0.0509. The van der Waals surface area contributed by atoms with Crippen LogP contribution in [0.25, 0.3) is 0 Å². The van der Waals surface area contributed by atoms with Gasteiger partial charge in [-0.05, 0) is 32.1 Å². The third kappa shape index (κ3) is 34.0. The molecule has 0 spiro atoms. The topological polar surface area (TPSA) is 111 Å². The van der Waals surface area contributed by atoms with Crippen LogP contribution in [0.5, 0.6) is 0 Å². The monoisotopic (exact) mass is 544 g/mol. The van der Waals surface area contributed by atoms with E-state index in [2.05, 4.69) is 23.8 Å². The van der Waals surface area contributed by atoms with Crippen LogP contribution in [0.1, 0.15) is 96.8 Å². The van der Waals surface area contributed by atoms with E-state index in [1.165, 1.54) is 83.5 Å². The Hall–Kier alpha value is 0. The number of hydrogen-bond acceptors (Lipinski definition) is 8. The molecular weight excluding hydrogens is 495 g/mol. The Kier molecular flexibility index (Phi) is 31.3. The molecule has 0 amide bonds. The summed E-state index contributed by atoms with van der Waals surface area (Å²) >= 11 is 0. The van der Waals surface area contributed by atoms with Crippen molar-refractivity contribution in [3.63, 3.8) is 0 Å². The molecule has 0 aromatic heterocycles. The zero-order valence-electron chi connectivity index (χ0n) is 22.9. The minimum absolute atomic E-state index is 0. The van der Waals surface area contributed by atoms with Gasteiger partial charge in [0.15, 0.2) is 0 Å². The molecule has 0 saturated carbocycles. The molecule has 0 rings (SSSR count). The summed E-state index contributed by atoms with van der Waals surface area (Å²) in [7, 11) is -4.60. The van der Waals surface area contributed by atoms with Crippen molar-refractivity contribution in [3.05, 3.63) is 12.2 Å². The van der Waals surface area contributed by atoms with Crippen LogP contribution in [0.4, 0.5) is 0 Å². The van der Waals surface area contributed by atoms with Crippen molar-refractivity contribution in [2.45, 2.75) is 96.8 Å². The number of ether oxygens (including phenoxy) is 4. The molecule has 208 valence electrons. The molecule has 0 radical (unpaired) electrons. The van der Waals surface area contributed by atoms with E-state index in [0.29, 0.717) is 26.4 Å². The number of unbranched alkanes of at least 4 members (excludes halogenated alkanes) is 12. The van der Waals surface area contributed by atoms with Gasteiger partial charge in [0.2, 0.25) is 0 Å². The van der Waals surface area contributed by atoms with Crippen molar-refractivity contribution in [2.24, 2.45) is 0 Å². The average molecular weight is 545 g/mol. The van der Waals surface area contributed by atoms with Crippen molar-refractivity contribution in [3.8, 4) is 0 Å². The van der Waals surface area contributed by atoms with E-state index in [1.807, 2.05) is 0 Å². The van der Waals surface area contributed by atoms with Crippen LogP contribution in [0.2, 0.25) is 0 Å². The van der Waals surface area contributed by atoms with E-state index in [9.17, 15) is 17.8 Å². The summed E-state index contributed by atoms with van der Waals surface area (Å²) in [5.74, 6) is -2.23. The summed E-state index contributed by atoms with van der Waals surface area (Å²) in [6.45, 7) is 4.78. The number of carbonyl (C=O) groups is 1. The molecule has 36 heavy (non-hydrogen) atoms. The number of rotatable bonds is 27. The van der Waals surface area contributed by atoms with Crippen LogP contribution in [0, 0.1) is 0 Å². The molecule has 0 aromatic rings. The van der Waals surface area contributed by atoms with E-state index in [4.69, 9.17) is 14.2 Å². The van der Waals surface area contributed by atoms with Crippen LogP contribution in [-0.2, 0) is 33.9 Å². The molecule has 0 N–H and O–H groups in total. The van der Waals surface area contributed by atoms with Crippen LogP contribution in [0.15, 0.2) is 12.2 Å². The van der Waals surface area contributed by atoms with Gasteiger partial charge in [0.25, 0.3) is 0 Å². The first kappa shape index (κ1) is 38.1. The number of hydrogen-bond donors (Lipinski definition) is 0. The molecule has 10 heteroatoms. The fourth-order valence-electron chi connectivity index (χ4n) is 3.39. The zero-order chi connectivity index (χ0) is 25.9. The van der Waals surface area contributed by atoms with Crippen LogP contribution in [-0.4, -0.2) is 70.9 Å². The Balaban J connectivity index is 0. The summed E-state index contributed by atoms with van der Waals surface area (Å²) in [6.07, 6.45) is 22.8. The summed E-state index contributed by atoms with van der Waals surface area (Å²) in [5, 5.41) is 0. The standard InChI is InChI=1S/C26H50O8S.Na/c1-2-3-4-5-6-7-8-9-10-11-12-13-14-15-16-17-18-31-19-20-32-21-22-33-23-24-34-26(27)25-35(28,29)30;/h9-10H,2-8,11-25H2,1H3,(H,28,29,30);/q;+1/p-1/b10-9+;. The van der Waals surface area contributed by atoms with Gasteiger partial charge >= 0.3 is 35.5 Å². The molecule has 0 aromatic carbocycles. The minimum Gasteiger partial charge on any atom is -0.748 e. The largest absolute Gasteiger partial charge is 1.00 e. The molecule has 0 aliphatic rings. The van der Waals surface area contributed by atoms with Gasteiger partial charge in [0.1, 0.15) is 22.5 Å². The van der Waals surface area contributed by atoms with Crippen LogP contribution >= 0.6 is 0 Å². The van der Waals surface area contributed by atoms with Gasteiger partial charge in [-0.25, -0.2) is 8.42 Å². The SMILES string of the molecule is CCCCCCCC/C=C/CCCCCCCCOCCOCCOCCOC(=O)CS(=O)(=O)[O-].[Na+]. The van der Waals surface area contributed by atoms with Crippen molar-refractivity contribution >= 4 is 16.1 Å². The van der Waals surface area contributed by atoms with E-state index in [0.717, 1.165) is 13.0 Å². The fraction of sp³-hybridized carbons (Fsp3) is 0.885. The van der Waals surface area contributed by atoms with E-state index in [-0.39, 0.29) is 42.8 Å². The summed E-state index contributed by atoms with van der Waals surface area (Å²) in [6, 6.07) is 0. The second-order valence-corrected chi connectivity index (χ2v) is 10.1. The van der Waals surface area contributed by atoms with Crippen LogP contribution < -0.4 is 29.6 Å². The van der Waals surface area contributed by atoms with Crippen molar-refractivity contribution in [1.29, 1.82) is 0 Å². The molecule has 8 nitrogen and oxygen atoms in total.